The second kappa shape index (κ2) is 9.84. The van der Waals surface area contributed by atoms with E-state index in [0.717, 1.165) is 17.0 Å². The number of aryl methyl sites for hydroxylation is 1. The van der Waals surface area contributed by atoms with Gasteiger partial charge in [0.15, 0.2) is 0 Å². The van der Waals surface area contributed by atoms with E-state index >= 15 is 0 Å². The maximum absolute atomic E-state index is 13.1. The Morgan fingerprint density at radius 1 is 1.03 bits per heavy atom. The zero-order valence-corrected chi connectivity index (χ0v) is 19.7. The number of aliphatic carboxylic acids is 1. The maximum atomic E-state index is 13.1. The zero-order chi connectivity index (χ0) is 24.4. The van der Waals surface area contributed by atoms with Crippen LogP contribution in [0.1, 0.15) is 41.4 Å². The number of carbonyl (C=O) groups excluding carboxylic acids is 1. The molecule has 0 radical (unpaired) electrons. The minimum absolute atomic E-state index is 0.0325. The molecule has 0 spiro atoms. The molecule has 0 aliphatic carbocycles. The maximum Gasteiger partial charge on any atom is 0.303 e. The molecule has 3 heterocycles. The Balaban J connectivity index is 1.40. The smallest absolute Gasteiger partial charge is 0.303 e. The van der Waals surface area contributed by atoms with Gasteiger partial charge in [0.05, 0.1) is 34.8 Å². The van der Waals surface area contributed by atoms with Gasteiger partial charge in [-0.25, -0.2) is 15.0 Å². The predicted molar refractivity (Wildman–Crippen MR) is 132 cm³/mol. The Morgan fingerprint density at radius 2 is 1.83 bits per heavy atom. The van der Waals surface area contributed by atoms with Gasteiger partial charge in [0.2, 0.25) is 0 Å². The standard InChI is InChI=1S/C26H24ClN5O3/c27-19-8-5-17(6-9-19)25-22(3-1-2-4-24(33)34)29-23-13-18(7-10-21(23)30-25)26(35)32-14-20(15-32)31-12-11-28-16-31/h5-13,16,20H,1-4,14-15H2,(H,33,34). The lowest BCUT2D eigenvalue weighted by Crippen LogP contribution is -2.50. The van der Waals surface area contributed by atoms with E-state index in [1.165, 1.54) is 0 Å². The highest BCUT2D eigenvalue weighted by Gasteiger charge is 2.32. The van der Waals surface area contributed by atoms with Crippen LogP contribution in [0.25, 0.3) is 22.3 Å². The Bertz CT molecular complexity index is 1370. The quantitative estimate of drug-likeness (QED) is 0.362. The van der Waals surface area contributed by atoms with Crippen molar-refractivity contribution in [1.29, 1.82) is 0 Å². The summed E-state index contributed by atoms with van der Waals surface area (Å²) in [6.45, 7) is 1.28. The summed E-state index contributed by atoms with van der Waals surface area (Å²) >= 11 is 6.06. The number of rotatable bonds is 8. The third-order valence-electron chi connectivity index (χ3n) is 6.25. The lowest BCUT2D eigenvalue weighted by Gasteiger charge is -2.39. The van der Waals surface area contributed by atoms with Crippen molar-refractivity contribution in [2.75, 3.05) is 13.1 Å². The predicted octanol–water partition coefficient (Wildman–Crippen LogP) is 4.64. The molecule has 0 unspecified atom stereocenters. The molecule has 5 rings (SSSR count). The number of hydrogen-bond donors (Lipinski definition) is 1. The number of imidazole rings is 1. The molecular weight excluding hydrogens is 466 g/mol. The molecule has 4 aromatic rings. The fourth-order valence-corrected chi connectivity index (χ4v) is 4.41. The van der Waals surface area contributed by atoms with E-state index in [2.05, 4.69) is 4.98 Å². The monoisotopic (exact) mass is 489 g/mol. The number of likely N-dealkylation sites (tertiary alicyclic amines) is 1. The number of carbonyl (C=O) groups is 2. The number of carboxylic acid groups (broad SMARTS) is 1. The molecule has 1 fully saturated rings. The minimum atomic E-state index is -0.808. The van der Waals surface area contributed by atoms with Crippen LogP contribution in [-0.4, -0.2) is 54.5 Å². The summed E-state index contributed by atoms with van der Waals surface area (Å²) in [5.41, 5.74) is 4.33. The molecule has 0 saturated carbocycles. The summed E-state index contributed by atoms with van der Waals surface area (Å²) in [7, 11) is 0. The molecule has 1 amide bonds. The van der Waals surface area contributed by atoms with Crippen LogP contribution in [-0.2, 0) is 11.2 Å². The molecular formula is C26H24ClN5O3. The van der Waals surface area contributed by atoms with Gasteiger partial charge < -0.3 is 14.6 Å². The molecule has 9 heteroatoms. The lowest BCUT2D eigenvalue weighted by molar-refractivity contribution is -0.137. The molecule has 1 aliphatic heterocycles. The molecule has 178 valence electrons. The van der Waals surface area contributed by atoms with Crippen molar-refractivity contribution in [2.45, 2.75) is 31.7 Å². The molecule has 0 bridgehead atoms. The van der Waals surface area contributed by atoms with Gasteiger partial charge in [-0.3, -0.25) is 9.59 Å². The van der Waals surface area contributed by atoms with Crippen molar-refractivity contribution in [3.05, 3.63) is 77.5 Å². The lowest BCUT2D eigenvalue weighted by atomic mass is 10.0. The number of aromatic nitrogens is 4. The van der Waals surface area contributed by atoms with Crippen LogP contribution in [0.5, 0.6) is 0 Å². The van der Waals surface area contributed by atoms with Crippen LogP contribution < -0.4 is 0 Å². The summed E-state index contributed by atoms with van der Waals surface area (Å²) in [5.74, 6) is -0.841. The summed E-state index contributed by atoms with van der Waals surface area (Å²) in [6, 6.07) is 13.1. The zero-order valence-electron chi connectivity index (χ0n) is 19.0. The number of benzene rings is 2. The summed E-state index contributed by atoms with van der Waals surface area (Å²) in [4.78, 5) is 39.6. The van der Waals surface area contributed by atoms with Crippen LogP contribution in [0.3, 0.4) is 0 Å². The highest BCUT2D eigenvalue weighted by molar-refractivity contribution is 6.30. The Kier molecular flexibility index (Phi) is 6.46. The average Bonchev–Trinajstić information content (AvgIpc) is 3.35. The van der Waals surface area contributed by atoms with Gasteiger partial charge in [0.1, 0.15) is 0 Å². The van der Waals surface area contributed by atoms with Crippen LogP contribution in [0.2, 0.25) is 5.02 Å². The number of hydrogen-bond acceptors (Lipinski definition) is 5. The Labute approximate surface area is 207 Å². The molecule has 1 saturated heterocycles. The Morgan fingerprint density at radius 3 is 2.54 bits per heavy atom. The van der Waals surface area contributed by atoms with Gasteiger partial charge in [-0.1, -0.05) is 23.7 Å². The molecule has 2 aromatic heterocycles. The van der Waals surface area contributed by atoms with E-state index in [9.17, 15) is 9.59 Å². The normalized spacial score (nSPS) is 13.7. The molecule has 8 nitrogen and oxygen atoms in total. The molecule has 1 N–H and O–H groups in total. The second-order valence-electron chi connectivity index (χ2n) is 8.70. The number of nitrogens with zero attached hydrogens (tertiary/aromatic N) is 5. The summed E-state index contributed by atoms with van der Waals surface area (Å²) in [6.07, 6.45) is 7.36. The summed E-state index contributed by atoms with van der Waals surface area (Å²) < 4.78 is 2.02. The fraction of sp³-hybridized carbons (Fsp3) is 0.269. The average molecular weight is 490 g/mol. The number of halogens is 1. The van der Waals surface area contributed by atoms with Crippen LogP contribution in [0.4, 0.5) is 0 Å². The van der Waals surface area contributed by atoms with E-state index in [-0.39, 0.29) is 18.4 Å². The highest BCUT2D eigenvalue weighted by atomic mass is 35.5. The first-order chi connectivity index (χ1) is 17.0. The van der Waals surface area contributed by atoms with E-state index in [1.807, 2.05) is 46.0 Å². The van der Waals surface area contributed by atoms with Gasteiger partial charge in [0.25, 0.3) is 5.91 Å². The third-order valence-corrected chi connectivity index (χ3v) is 6.50. The van der Waals surface area contributed by atoms with E-state index < -0.39 is 5.97 Å². The molecule has 0 atom stereocenters. The van der Waals surface area contributed by atoms with Crippen molar-refractivity contribution in [3.63, 3.8) is 0 Å². The Hall–Kier alpha value is -3.78. The number of carboxylic acids is 1. The second-order valence-corrected chi connectivity index (χ2v) is 9.14. The first-order valence-corrected chi connectivity index (χ1v) is 11.9. The van der Waals surface area contributed by atoms with E-state index in [1.54, 1.807) is 24.7 Å². The fourth-order valence-electron chi connectivity index (χ4n) is 4.28. The minimum Gasteiger partial charge on any atom is -0.481 e. The first kappa shape index (κ1) is 23.0. The van der Waals surface area contributed by atoms with Crippen molar-refractivity contribution in [3.8, 4) is 11.3 Å². The van der Waals surface area contributed by atoms with Gasteiger partial charge in [-0.05, 0) is 49.6 Å². The van der Waals surface area contributed by atoms with Gasteiger partial charge in [0, 0.05) is 48.1 Å². The van der Waals surface area contributed by atoms with Gasteiger partial charge >= 0.3 is 5.97 Å². The molecule has 35 heavy (non-hydrogen) atoms. The van der Waals surface area contributed by atoms with Crippen molar-refractivity contribution in [2.24, 2.45) is 0 Å². The topological polar surface area (TPSA) is 101 Å². The van der Waals surface area contributed by atoms with E-state index in [4.69, 9.17) is 26.7 Å². The van der Waals surface area contributed by atoms with Crippen molar-refractivity contribution in [1.82, 2.24) is 24.4 Å². The van der Waals surface area contributed by atoms with Crippen LogP contribution in [0.15, 0.2) is 61.2 Å². The van der Waals surface area contributed by atoms with Crippen LogP contribution >= 0.6 is 11.6 Å². The van der Waals surface area contributed by atoms with Gasteiger partial charge in [-0.2, -0.15) is 0 Å². The largest absolute Gasteiger partial charge is 0.481 e. The highest BCUT2D eigenvalue weighted by Crippen LogP contribution is 2.28. The van der Waals surface area contributed by atoms with Gasteiger partial charge in [-0.15, -0.1) is 0 Å². The number of fused-ring (bicyclic) bond motifs is 1. The number of amides is 1. The van der Waals surface area contributed by atoms with E-state index in [0.29, 0.717) is 54.0 Å². The molecule has 2 aromatic carbocycles. The first-order valence-electron chi connectivity index (χ1n) is 11.5. The summed E-state index contributed by atoms with van der Waals surface area (Å²) in [5, 5.41) is 9.59. The molecule has 1 aliphatic rings. The number of unbranched alkanes of at least 4 members (excludes halogenated alkanes) is 1. The van der Waals surface area contributed by atoms with Crippen molar-refractivity contribution >= 4 is 34.5 Å². The van der Waals surface area contributed by atoms with Crippen LogP contribution in [0, 0.1) is 0 Å². The SMILES string of the molecule is O=C(O)CCCCc1nc2cc(C(=O)N3CC(n4ccnc4)C3)ccc2nc1-c1ccc(Cl)cc1. The van der Waals surface area contributed by atoms with Crippen molar-refractivity contribution < 1.29 is 14.7 Å². The third kappa shape index (κ3) is 5.02.